The van der Waals surface area contributed by atoms with Crippen molar-refractivity contribution >= 4 is 10.0 Å². The first-order chi connectivity index (χ1) is 8.44. The molecule has 0 heterocycles. The lowest BCUT2D eigenvalue weighted by molar-refractivity contribution is -0.134. The maximum Gasteiger partial charge on any atom is 0.389 e. The van der Waals surface area contributed by atoms with Crippen molar-refractivity contribution in [3.63, 3.8) is 0 Å². The lowest BCUT2D eigenvalue weighted by Crippen LogP contribution is -2.35. The maximum absolute atomic E-state index is 11.9. The smallest absolute Gasteiger partial charge is 0.215 e. The van der Waals surface area contributed by atoms with Crippen molar-refractivity contribution < 1.29 is 21.6 Å². The first kappa shape index (κ1) is 18.7. The summed E-state index contributed by atoms with van der Waals surface area (Å²) in [6.07, 6.45) is -5.76. The number of rotatable bonds is 8. The highest BCUT2D eigenvalue weighted by Crippen LogP contribution is 2.22. The molecule has 0 fully saturated rings. The lowest BCUT2D eigenvalue weighted by Gasteiger charge is -2.25. The van der Waals surface area contributed by atoms with E-state index in [4.69, 9.17) is 0 Å². The van der Waals surface area contributed by atoms with Crippen LogP contribution in [0.15, 0.2) is 0 Å². The fraction of sp³-hybridized carbons (Fsp3) is 1.00. The van der Waals surface area contributed by atoms with E-state index in [0.29, 0.717) is 11.8 Å². The standard InChI is InChI=1S/C12H24F3NO2S/c1-9(2)11(10(3)4)8-16-19(17,18)7-5-6-12(13,14)15/h9-11,16H,5-8H2,1-4H3. The third kappa shape index (κ3) is 9.27. The third-order valence-corrected chi connectivity index (χ3v) is 4.56. The predicted molar refractivity (Wildman–Crippen MR) is 70.2 cm³/mol. The summed E-state index contributed by atoms with van der Waals surface area (Å²) < 4.78 is 61.4. The van der Waals surface area contributed by atoms with Crippen molar-refractivity contribution in [2.24, 2.45) is 17.8 Å². The molecule has 1 N–H and O–H groups in total. The molecule has 0 rings (SSSR count). The number of nitrogens with one attached hydrogen (secondary N) is 1. The quantitative estimate of drug-likeness (QED) is 0.748. The van der Waals surface area contributed by atoms with E-state index >= 15 is 0 Å². The van der Waals surface area contributed by atoms with Gasteiger partial charge >= 0.3 is 6.18 Å². The summed E-state index contributed by atoms with van der Waals surface area (Å²) in [5.41, 5.74) is 0. The summed E-state index contributed by atoms with van der Waals surface area (Å²) in [4.78, 5) is 0. The minimum absolute atomic E-state index is 0.178. The molecule has 3 nitrogen and oxygen atoms in total. The van der Waals surface area contributed by atoms with Crippen molar-refractivity contribution in [2.45, 2.75) is 46.7 Å². The van der Waals surface area contributed by atoms with E-state index in [9.17, 15) is 21.6 Å². The second-order valence-corrected chi connectivity index (χ2v) is 7.46. The number of hydrogen-bond donors (Lipinski definition) is 1. The van der Waals surface area contributed by atoms with Crippen molar-refractivity contribution in [3.05, 3.63) is 0 Å². The van der Waals surface area contributed by atoms with E-state index < -0.39 is 34.8 Å². The van der Waals surface area contributed by atoms with Crippen LogP contribution >= 0.6 is 0 Å². The van der Waals surface area contributed by atoms with Crippen LogP contribution in [-0.4, -0.2) is 26.9 Å². The molecule has 0 aromatic heterocycles. The van der Waals surface area contributed by atoms with Gasteiger partial charge in [-0.05, 0) is 24.2 Å². The zero-order chi connectivity index (χ0) is 15.3. The van der Waals surface area contributed by atoms with Crippen molar-refractivity contribution in [1.82, 2.24) is 4.72 Å². The zero-order valence-corrected chi connectivity index (χ0v) is 12.7. The molecule has 0 bridgehead atoms. The Labute approximate surface area is 114 Å². The summed E-state index contributed by atoms with van der Waals surface area (Å²) >= 11 is 0. The van der Waals surface area contributed by atoms with E-state index in [1.807, 2.05) is 27.7 Å². The second-order valence-electron chi connectivity index (χ2n) is 5.54. The van der Waals surface area contributed by atoms with Crippen molar-refractivity contribution in [2.75, 3.05) is 12.3 Å². The zero-order valence-electron chi connectivity index (χ0n) is 11.9. The van der Waals surface area contributed by atoms with Gasteiger partial charge in [0.25, 0.3) is 0 Å². The molecule has 0 amide bonds. The Hall–Kier alpha value is -0.300. The fourth-order valence-corrected chi connectivity index (χ4v) is 3.11. The van der Waals surface area contributed by atoms with Crippen LogP contribution in [0.5, 0.6) is 0 Å². The van der Waals surface area contributed by atoms with Crippen LogP contribution in [0.1, 0.15) is 40.5 Å². The fourth-order valence-electron chi connectivity index (χ4n) is 2.00. The van der Waals surface area contributed by atoms with Gasteiger partial charge in [0.15, 0.2) is 0 Å². The molecule has 0 aromatic carbocycles. The molecule has 7 heteroatoms. The van der Waals surface area contributed by atoms with Crippen LogP contribution in [0.4, 0.5) is 13.2 Å². The van der Waals surface area contributed by atoms with Gasteiger partial charge in [0.2, 0.25) is 10.0 Å². The Bertz CT molecular complexity index is 342. The molecule has 0 saturated carbocycles. The van der Waals surface area contributed by atoms with Gasteiger partial charge in [-0.25, -0.2) is 13.1 Å². The van der Waals surface area contributed by atoms with Gasteiger partial charge in [-0.1, -0.05) is 27.7 Å². The first-order valence-electron chi connectivity index (χ1n) is 6.48. The van der Waals surface area contributed by atoms with E-state index in [2.05, 4.69) is 4.72 Å². The maximum atomic E-state index is 11.9. The van der Waals surface area contributed by atoms with Crippen molar-refractivity contribution in [1.29, 1.82) is 0 Å². The normalized spacial score (nSPS) is 13.8. The monoisotopic (exact) mass is 303 g/mol. The summed E-state index contributed by atoms with van der Waals surface area (Å²) in [6.45, 7) is 8.29. The Balaban J connectivity index is 4.23. The van der Waals surface area contributed by atoms with Crippen LogP contribution in [0.3, 0.4) is 0 Å². The largest absolute Gasteiger partial charge is 0.389 e. The highest BCUT2D eigenvalue weighted by Gasteiger charge is 2.27. The average Bonchev–Trinajstić information content (AvgIpc) is 2.13. The average molecular weight is 303 g/mol. The van der Waals surface area contributed by atoms with E-state index in [1.165, 1.54) is 0 Å². The second kappa shape index (κ2) is 7.47. The SMILES string of the molecule is CC(C)C(CNS(=O)(=O)CCCC(F)(F)F)C(C)C. The van der Waals surface area contributed by atoms with Crippen LogP contribution in [-0.2, 0) is 10.0 Å². The minimum Gasteiger partial charge on any atom is -0.215 e. The topological polar surface area (TPSA) is 46.2 Å². The predicted octanol–water partition coefficient (Wildman–Crippen LogP) is 3.18. The Morgan fingerprint density at radius 3 is 1.89 bits per heavy atom. The highest BCUT2D eigenvalue weighted by molar-refractivity contribution is 7.89. The minimum atomic E-state index is -4.30. The lowest BCUT2D eigenvalue weighted by atomic mass is 9.86. The van der Waals surface area contributed by atoms with Crippen molar-refractivity contribution in [3.8, 4) is 0 Å². The van der Waals surface area contributed by atoms with Gasteiger partial charge in [-0.2, -0.15) is 13.2 Å². The molecular weight excluding hydrogens is 279 g/mol. The number of sulfonamides is 1. The van der Waals surface area contributed by atoms with Gasteiger partial charge in [0, 0.05) is 13.0 Å². The van der Waals surface area contributed by atoms with Crippen LogP contribution in [0.25, 0.3) is 0 Å². The van der Waals surface area contributed by atoms with Gasteiger partial charge in [0.05, 0.1) is 5.75 Å². The van der Waals surface area contributed by atoms with Crippen LogP contribution in [0.2, 0.25) is 0 Å². The molecule has 0 unspecified atom stereocenters. The van der Waals surface area contributed by atoms with Gasteiger partial charge in [-0.3, -0.25) is 0 Å². The summed E-state index contributed by atoms with van der Waals surface area (Å²) in [7, 11) is -3.62. The highest BCUT2D eigenvalue weighted by atomic mass is 32.2. The molecule has 0 aliphatic rings. The molecular formula is C12H24F3NO2S. The summed E-state index contributed by atoms with van der Waals surface area (Å²) in [5, 5.41) is 0. The number of hydrogen-bond acceptors (Lipinski definition) is 2. The molecule has 0 spiro atoms. The van der Waals surface area contributed by atoms with Crippen LogP contribution < -0.4 is 4.72 Å². The molecule has 0 atom stereocenters. The Morgan fingerprint density at radius 1 is 1.05 bits per heavy atom. The Kier molecular flexibility index (Phi) is 7.36. The Morgan fingerprint density at radius 2 is 1.53 bits per heavy atom. The number of alkyl halides is 3. The van der Waals surface area contributed by atoms with Gasteiger partial charge in [-0.15, -0.1) is 0 Å². The molecule has 0 radical (unpaired) electrons. The molecule has 19 heavy (non-hydrogen) atoms. The van der Waals surface area contributed by atoms with E-state index in [0.717, 1.165) is 0 Å². The molecule has 0 aliphatic carbocycles. The van der Waals surface area contributed by atoms with Gasteiger partial charge < -0.3 is 0 Å². The van der Waals surface area contributed by atoms with Gasteiger partial charge in [0.1, 0.15) is 0 Å². The van der Waals surface area contributed by atoms with E-state index in [1.54, 1.807) is 0 Å². The first-order valence-corrected chi connectivity index (χ1v) is 8.14. The molecule has 0 aliphatic heterocycles. The van der Waals surface area contributed by atoms with Crippen LogP contribution in [0, 0.1) is 17.8 Å². The third-order valence-electron chi connectivity index (χ3n) is 3.12. The summed E-state index contributed by atoms with van der Waals surface area (Å²) in [5.74, 6) is 0.336. The van der Waals surface area contributed by atoms with E-state index in [-0.39, 0.29) is 12.5 Å². The molecule has 0 saturated heterocycles. The summed E-state index contributed by atoms with van der Waals surface area (Å²) in [6, 6.07) is 0. The molecule has 116 valence electrons. The number of halogens is 3. The molecule has 0 aromatic rings.